The van der Waals surface area contributed by atoms with Gasteiger partial charge in [-0.05, 0) is 97.8 Å². The van der Waals surface area contributed by atoms with E-state index < -0.39 is 0 Å². The van der Waals surface area contributed by atoms with E-state index in [1.807, 2.05) is 79.9 Å². The smallest absolute Gasteiger partial charge is 0.415 e. The van der Waals surface area contributed by atoms with Crippen LogP contribution in [0.2, 0.25) is 0 Å². The van der Waals surface area contributed by atoms with Gasteiger partial charge >= 0.3 is 6.09 Å². The summed E-state index contributed by atoms with van der Waals surface area (Å²) in [5.41, 5.74) is 4.43. The topological polar surface area (TPSA) is 73.8 Å². The zero-order valence-electron chi connectivity index (χ0n) is 22.4. The van der Waals surface area contributed by atoms with E-state index in [-0.39, 0.29) is 6.09 Å². The van der Waals surface area contributed by atoms with Gasteiger partial charge in [-0.25, -0.2) is 9.78 Å². The van der Waals surface area contributed by atoms with E-state index in [0.29, 0.717) is 43.0 Å². The first-order valence-corrected chi connectivity index (χ1v) is 13.3. The Bertz CT molecular complexity index is 1360. The highest BCUT2D eigenvalue weighted by Gasteiger charge is 2.24. The summed E-state index contributed by atoms with van der Waals surface area (Å²) in [4.78, 5) is 23.1. The predicted molar refractivity (Wildman–Crippen MR) is 150 cm³/mol. The van der Waals surface area contributed by atoms with Gasteiger partial charge in [-0.2, -0.15) is 0 Å². The standard InChI is InChI=1S/C32H33N3O4/c1-23-13-16-33-27(19-23)20-25-4-6-30(7-5-25)39-32(36)35-17-14-26(15-18-35)22-37-28-8-10-29(11-9-28)38-31-12-3-24(2)21-34-31/h3-13,16,19,21,26H,14-15,17-18,20,22H2,1-2H3. The molecular weight excluding hydrogens is 490 g/mol. The van der Waals surface area contributed by atoms with Crippen LogP contribution < -0.4 is 14.2 Å². The molecule has 5 rings (SSSR count). The molecule has 0 atom stereocenters. The van der Waals surface area contributed by atoms with E-state index in [4.69, 9.17) is 14.2 Å². The lowest BCUT2D eigenvalue weighted by Gasteiger charge is -2.31. The average Bonchev–Trinajstić information content (AvgIpc) is 2.95. The zero-order valence-corrected chi connectivity index (χ0v) is 22.4. The molecule has 7 heteroatoms. The molecule has 7 nitrogen and oxygen atoms in total. The molecule has 1 aliphatic heterocycles. The largest absolute Gasteiger partial charge is 0.493 e. The van der Waals surface area contributed by atoms with Gasteiger partial charge in [0.15, 0.2) is 0 Å². The fraction of sp³-hybridized carbons (Fsp3) is 0.281. The van der Waals surface area contributed by atoms with Crippen LogP contribution in [0, 0.1) is 19.8 Å². The van der Waals surface area contributed by atoms with Crippen molar-refractivity contribution in [1.82, 2.24) is 14.9 Å². The van der Waals surface area contributed by atoms with Crippen molar-refractivity contribution < 1.29 is 19.0 Å². The Morgan fingerprint density at radius 1 is 0.846 bits per heavy atom. The molecule has 0 unspecified atom stereocenters. The first kappa shape index (κ1) is 26.2. The molecule has 0 spiro atoms. The summed E-state index contributed by atoms with van der Waals surface area (Å²) >= 11 is 0. The molecule has 0 saturated carbocycles. The second kappa shape index (κ2) is 12.4. The number of hydrogen-bond donors (Lipinski definition) is 0. The number of aromatic nitrogens is 2. The second-order valence-corrected chi connectivity index (χ2v) is 10.0. The molecule has 0 radical (unpaired) electrons. The number of likely N-dealkylation sites (tertiary alicyclic amines) is 1. The number of nitrogens with zero attached hydrogens (tertiary/aromatic N) is 3. The van der Waals surface area contributed by atoms with Gasteiger partial charge in [-0.3, -0.25) is 4.98 Å². The molecule has 1 saturated heterocycles. The maximum atomic E-state index is 12.7. The van der Waals surface area contributed by atoms with Crippen LogP contribution in [0.4, 0.5) is 4.79 Å². The van der Waals surface area contributed by atoms with Gasteiger partial charge < -0.3 is 19.1 Å². The number of rotatable bonds is 8. The number of aryl methyl sites for hydroxylation is 2. The van der Waals surface area contributed by atoms with E-state index in [2.05, 4.69) is 23.0 Å². The lowest BCUT2D eigenvalue weighted by atomic mass is 9.98. The maximum absolute atomic E-state index is 12.7. The van der Waals surface area contributed by atoms with Crippen LogP contribution in [0.3, 0.4) is 0 Å². The summed E-state index contributed by atoms with van der Waals surface area (Å²) in [5.74, 6) is 3.01. The molecule has 0 N–H and O–H groups in total. The van der Waals surface area contributed by atoms with Gasteiger partial charge in [-0.15, -0.1) is 0 Å². The highest BCUT2D eigenvalue weighted by molar-refractivity contribution is 5.70. The summed E-state index contributed by atoms with van der Waals surface area (Å²) in [6, 6.07) is 23.1. The monoisotopic (exact) mass is 523 g/mol. The Morgan fingerprint density at radius 3 is 2.26 bits per heavy atom. The minimum absolute atomic E-state index is 0.305. The number of piperidine rings is 1. The predicted octanol–water partition coefficient (Wildman–Crippen LogP) is 6.77. The number of carbonyl (C=O) groups excluding carboxylic acids is 1. The van der Waals surface area contributed by atoms with E-state index in [9.17, 15) is 4.79 Å². The van der Waals surface area contributed by atoms with Crippen molar-refractivity contribution in [3.05, 3.63) is 108 Å². The molecular formula is C32H33N3O4. The first-order chi connectivity index (χ1) is 19.0. The lowest BCUT2D eigenvalue weighted by molar-refractivity contribution is 0.117. The van der Waals surface area contributed by atoms with Crippen molar-refractivity contribution in [2.45, 2.75) is 33.1 Å². The Kier molecular flexibility index (Phi) is 8.36. The van der Waals surface area contributed by atoms with Crippen LogP contribution in [-0.2, 0) is 6.42 Å². The van der Waals surface area contributed by atoms with Crippen LogP contribution in [0.1, 0.15) is 35.2 Å². The Hall–Kier alpha value is -4.39. The van der Waals surface area contributed by atoms with Crippen molar-refractivity contribution in [2.24, 2.45) is 5.92 Å². The molecule has 0 aliphatic carbocycles. The number of hydrogen-bond acceptors (Lipinski definition) is 6. The van der Waals surface area contributed by atoms with Gasteiger partial charge in [-0.1, -0.05) is 18.2 Å². The fourth-order valence-corrected chi connectivity index (χ4v) is 4.48. The average molecular weight is 524 g/mol. The second-order valence-electron chi connectivity index (χ2n) is 10.0. The van der Waals surface area contributed by atoms with E-state index in [1.54, 1.807) is 11.1 Å². The molecule has 2 aromatic carbocycles. The lowest BCUT2D eigenvalue weighted by Crippen LogP contribution is -2.41. The third-order valence-corrected chi connectivity index (χ3v) is 6.77. The third-order valence-electron chi connectivity index (χ3n) is 6.77. The van der Waals surface area contributed by atoms with Crippen molar-refractivity contribution >= 4 is 6.09 Å². The molecule has 200 valence electrons. The zero-order chi connectivity index (χ0) is 27.0. The minimum Gasteiger partial charge on any atom is -0.493 e. The van der Waals surface area contributed by atoms with Crippen LogP contribution in [-0.4, -0.2) is 40.7 Å². The summed E-state index contributed by atoms with van der Waals surface area (Å²) in [6.07, 6.45) is 5.79. The third kappa shape index (κ3) is 7.57. The summed E-state index contributed by atoms with van der Waals surface area (Å²) < 4.78 is 17.4. The molecule has 1 aliphatic rings. The van der Waals surface area contributed by atoms with Gasteiger partial charge in [0.05, 0.1) is 6.61 Å². The van der Waals surface area contributed by atoms with Gasteiger partial charge in [0.25, 0.3) is 0 Å². The highest BCUT2D eigenvalue weighted by Crippen LogP contribution is 2.25. The van der Waals surface area contributed by atoms with E-state index in [1.165, 1.54) is 5.56 Å². The fourth-order valence-electron chi connectivity index (χ4n) is 4.48. The molecule has 39 heavy (non-hydrogen) atoms. The molecule has 4 aromatic rings. The normalized spacial score (nSPS) is 13.6. The van der Waals surface area contributed by atoms with Crippen molar-refractivity contribution in [1.29, 1.82) is 0 Å². The van der Waals surface area contributed by atoms with Gasteiger partial charge in [0.2, 0.25) is 5.88 Å². The minimum atomic E-state index is -0.305. The quantitative estimate of drug-likeness (QED) is 0.254. The Labute approximate surface area is 229 Å². The van der Waals surface area contributed by atoms with Crippen LogP contribution in [0.25, 0.3) is 0 Å². The van der Waals surface area contributed by atoms with E-state index >= 15 is 0 Å². The number of ether oxygens (including phenoxy) is 3. The number of amides is 1. The number of pyridine rings is 2. The van der Waals surface area contributed by atoms with Gasteiger partial charge in [0.1, 0.15) is 17.2 Å². The highest BCUT2D eigenvalue weighted by atomic mass is 16.6. The Balaban J connectivity index is 1.03. The Morgan fingerprint density at radius 2 is 1.56 bits per heavy atom. The molecule has 1 amide bonds. The van der Waals surface area contributed by atoms with Crippen molar-refractivity contribution in [2.75, 3.05) is 19.7 Å². The number of carbonyl (C=O) groups is 1. The maximum Gasteiger partial charge on any atom is 0.415 e. The SMILES string of the molecule is Cc1ccc(Oc2ccc(OCC3CCN(C(=O)Oc4ccc(Cc5cc(C)ccn5)cc4)CC3)cc2)nc1. The number of benzene rings is 2. The summed E-state index contributed by atoms with van der Waals surface area (Å²) in [7, 11) is 0. The van der Waals surface area contributed by atoms with Crippen molar-refractivity contribution in [3.8, 4) is 23.1 Å². The van der Waals surface area contributed by atoms with Crippen LogP contribution >= 0.6 is 0 Å². The van der Waals surface area contributed by atoms with Crippen LogP contribution in [0.15, 0.2) is 85.2 Å². The molecule has 0 bridgehead atoms. The van der Waals surface area contributed by atoms with Crippen molar-refractivity contribution in [3.63, 3.8) is 0 Å². The molecule has 3 heterocycles. The molecule has 2 aromatic heterocycles. The molecule has 1 fully saturated rings. The first-order valence-electron chi connectivity index (χ1n) is 13.3. The van der Waals surface area contributed by atoms with E-state index in [0.717, 1.165) is 41.8 Å². The van der Waals surface area contributed by atoms with Crippen LogP contribution in [0.5, 0.6) is 23.1 Å². The summed E-state index contributed by atoms with van der Waals surface area (Å²) in [6.45, 7) is 5.97. The van der Waals surface area contributed by atoms with Gasteiger partial charge in [0, 0.05) is 43.7 Å². The summed E-state index contributed by atoms with van der Waals surface area (Å²) in [5, 5.41) is 0.